The third kappa shape index (κ3) is 6.19. The van der Waals surface area contributed by atoms with Gasteiger partial charge in [-0.25, -0.2) is 4.98 Å². The maximum atomic E-state index is 12.9. The Balaban J connectivity index is 0.000000751. The largest absolute Gasteiger partial charge is 0.392 e. The lowest BCUT2D eigenvalue weighted by molar-refractivity contribution is -0.121. The first-order valence-electron chi connectivity index (χ1n) is 11.3. The zero-order valence-electron chi connectivity index (χ0n) is 19.8. The molecule has 0 spiro atoms. The van der Waals surface area contributed by atoms with Crippen LogP contribution in [0.3, 0.4) is 0 Å². The normalized spacial score (nSPS) is 13.7. The smallest absolute Gasteiger partial charge is 0.241 e. The van der Waals surface area contributed by atoms with Crippen molar-refractivity contribution in [3.8, 4) is 6.07 Å². The lowest BCUT2D eigenvalue weighted by Gasteiger charge is -2.35. The third-order valence-corrected chi connectivity index (χ3v) is 5.92. The van der Waals surface area contributed by atoms with Crippen LogP contribution < -0.4 is 4.90 Å². The van der Waals surface area contributed by atoms with E-state index in [1.807, 2.05) is 53.8 Å². The van der Waals surface area contributed by atoms with Gasteiger partial charge in [0.25, 0.3) is 0 Å². The second-order valence-corrected chi connectivity index (χ2v) is 8.27. The molecule has 7 heteroatoms. The summed E-state index contributed by atoms with van der Waals surface area (Å²) in [5, 5.41) is 16.7. The van der Waals surface area contributed by atoms with E-state index in [0.717, 1.165) is 23.5 Å². The van der Waals surface area contributed by atoms with E-state index < -0.39 is 0 Å². The second kappa shape index (κ2) is 11.9. The van der Waals surface area contributed by atoms with Gasteiger partial charge in [0.1, 0.15) is 0 Å². The summed E-state index contributed by atoms with van der Waals surface area (Å²) in [5.41, 5.74) is 6.24. The summed E-state index contributed by atoms with van der Waals surface area (Å²) < 4.78 is 2.10. The number of piperazine rings is 1. The zero-order chi connectivity index (χ0) is 24.5. The van der Waals surface area contributed by atoms with E-state index in [-0.39, 0.29) is 12.5 Å². The molecule has 1 aliphatic rings. The van der Waals surface area contributed by atoms with Crippen LogP contribution in [0.15, 0.2) is 67.6 Å². The molecule has 0 aliphatic carbocycles. The molecule has 0 radical (unpaired) electrons. The molecule has 3 aromatic rings. The zero-order valence-corrected chi connectivity index (χ0v) is 19.8. The minimum atomic E-state index is 0.0833. The maximum Gasteiger partial charge on any atom is 0.241 e. The van der Waals surface area contributed by atoms with Crippen molar-refractivity contribution in [2.45, 2.75) is 26.9 Å². The van der Waals surface area contributed by atoms with Crippen molar-refractivity contribution < 1.29 is 9.90 Å². The minimum absolute atomic E-state index is 0.0833. The van der Waals surface area contributed by atoms with E-state index >= 15 is 0 Å². The Morgan fingerprint density at radius 1 is 1.15 bits per heavy atom. The van der Waals surface area contributed by atoms with E-state index in [4.69, 9.17) is 10.4 Å². The number of carbonyl (C=O) groups excluding carboxylic acids is 1. The molecule has 0 bridgehead atoms. The lowest BCUT2D eigenvalue weighted by atomic mass is 10.1. The van der Waals surface area contributed by atoms with E-state index in [1.54, 1.807) is 0 Å². The Bertz CT molecular complexity index is 1160. The number of aliphatic hydroxyl groups is 1. The number of rotatable bonds is 6. The van der Waals surface area contributed by atoms with Gasteiger partial charge in [-0.15, -0.1) is 6.58 Å². The molecule has 0 unspecified atom stereocenters. The highest BCUT2D eigenvalue weighted by atomic mass is 16.2. The molecule has 1 aromatic heterocycles. The Kier molecular flexibility index (Phi) is 8.74. The predicted molar refractivity (Wildman–Crippen MR) is 133 cm³/mol. The number of amides is 1. The molecule has 1 fully saturated rings. The highest BCUT2D eigenvalue weighted by Gasteiger charge is 2.26. The Morgan fingerprint density at radius 2 is 1.88 bits per heavy atom. The van der Waals surface area contributed by atoms with Gasteiger partial charge in [0.15, 0.2) is 0 Å². The molecule has 4 rings (SSSR count). The summed E-state index contributed by atoms with van der Waals surface area (Å²) in [6.07, 6.45) is 5.12. The predicted octanol–water partition coefficient (Wildman–Crippen LogP) is 3.43. The molecule has 1 N–H and O–H groups in total. The van der Waals surface area contributed by atoms with Crippen LogP contribution in [0.1, 0.15) is 27.9 Å². The van der Waals surface area contributed by atoms with Crippen LogP contribution in [-0.2, 0) is 17.9 Å². The van der Waals surface area contributed by atoms with Crippen LogP contribution in [0.25, 0.3) is 0 Å². The lowest BCUT2D eigenvalue weighted by Crippen LogP contribution is -2.50. The van der Waals surface area contributed by atoms with E-state index in [0.29, 0.717) is 31.7 Å². The molecule has 1 aliphatic heterocycles. The van der Waals surface area contributed by atoms with Crippen molar-refractivity contribution in [1.29, 1.82) is 5.26 Å². The SMILES string of the molecule is C=CCO.Cc1cccc(N2CCN(Cc3cncn3Cc3ccc(C#N)cc3)CC2=O)c1C. The number of hydrogen-bond acceptors (Lipinski definition) is 5. The molecule has 2 aromatic carbocycles. The average molecular weight is 458 g/mol. The quantitative estimate of drug-likeness (QED) is 0.573. The first kappa shape index (κ1) is 24.9. The Morgan fingerprint density at radius 3 is 2.53 bits per heavy atom. The fourth-order valence-electron chi connectivity index (χ4n) is 3.87. The monoisotopic (exact) mass is 457 g/mol. The summed E-state index contributed by atoms with van der Waals surface area (Å²) in [6, 6.07) is 15.9. The summed E-state index contributed by atoms with van der Waals surface area (Å²) in [7, 11) is 0. The third-order valence-electron chi connectivity index (χ3n) is 5.92. The number of nitriles is 1. The fourth-order valence-corrected chi connectivity index (χ4v) is 3.87. The number of aromatic nitrogens is 2. The van der Waals surface area contributed by atoms with Gasteiger partial charge in [-0.3, -0.25) is 9.69 Å². The molecule has 7 nitrogen and oxygen atoms in total. The van der Waals surface area contributed by atoms with Crippen molar-refractivity contribution in [2.24, 2.45) is 0 Å². The van der Waals surface area contributed by atoms with E-state index in [1.165, 1.54) is 17.2 Å². The molecular weight excluding hydrogens is 426 g/mol. The molecule has 2 heterocycles. The number of hydrogen-bond donors (Lipinski definition) is 1. The van der Waals surface area contributed by atoms with Crippen LogP contribution in [-0.4, -0.2) is 51.7 Å². The number of anilines is 1. The minimum Gasteiger partial charge on any atom is -0.392 e. The van der Waals surface area contributed by atoms with Crippen molar-refractivity contribution in [3.63, 3.8) is 0 Å². The Labute approximate surface area is 201 Å². The van der Waals surface area contributed by atoms with Crippen molar-refractivity contribution >= 4 is 11.6 Å². The van der Waals surface area contributed by atoms with Crippen molar-refractivity contribution in [2.75, 3.05) is 31.1 Å². The second-order valence-electron chi connectivity index (χ2n) is 8.27. The van der Waals surface area contributed by atoms with E-state index in [2.05, 4.69) is 47.0 Å². The van der Waals surface area contributed by atoms with Crippen molar-refractivity contribution in [1.82, 2.24) is 14.5 Å². The number of carbonyl (C=O) groups is 1. The van der Waals surface area contributed by atoms with Crippen molar-refractivity contribution in [3.05, 3.63) is 95.6 Å². The molecule has 0 atom stereocenters. The van der Waals surface area contributed by atoms with Crippen LogP contribution >= 0.6 is 0 Å². The van der Waals surface area contributed by atoms with Gasteiger partial charge >= 0.3 is 0 Å². The number of nitrogens with zero attached hydrogens (tertiary/aromatic N) is 5. The standard InChI is InChI=1S/C24H25N5O.C3H6O/c1-18-4-3-5-23(19(18)2)29-11-10-27(16-24(29)30)15-22-13-26-17-28(22)14-21-8-6-20(12-25)7-9-21;1-2-3-4/h3-9,13,17H,10-11,14-16H2,1-2H3;2,4H,1,3H2. The number of aryl methyl sites for hydroxylation is 1. The first-order valence-corrected chi connectivity index (χ1v) is 11.3. The number of benzene rings is 2. The van der Waals surface area contributed by atoms with Gasteiger partial charge in [-0.2, -0.15) is 5.26 Å². The molecular formula is C27H31N5O2. The molecule has 176 valence electrons. The molecule has 34 heavy (non-hydrogen) atoms. The summed E-state index contributed by atoms with van der Waals surface area (Å²) in [5.74, 6) is 0.133. The summed E-state index contributed by atoms with van der Waals surface area (Å²) in [4.78, 5) is 21.3. The summed E-state index contributed by atoms with van der Waals surface area (Å²) in [6.45, 7) is 10.7. The molecule has 0 saturated carbocycles. The van der Waals surface area contributed by atoms with Gasteiger partial charge in [-0.05, 0) is 48.7 Å². The summed E-state index contributed by atoms with van der Waals surface area (Å²) >= 11 is 0. The van der Waals surface area contributed by atoms with Gasteiger partial charge in [0.2, 0.25) is 5.91 Å². The first-order chi connectivity index (χ1) is 16.5. The van der Waals surface area contributed by atoms with Gasteiger partial charge in [0, 0.05) is 38.1 Å². The van der Waals surface area contributed by atoms with Gasteiger partial charge in [-0.1, -0.05) is 30.3 Å². The average Bonchev–Trinajstić information content (AvgIpc) is 3.28. The van der Waals surface area contributed by atoms with Gasteiger partial charge in [0.05, 0.1) is 36.8 Å². The van der Waals surface area contributed by atoms with Gasteiger partial charge < -0.3 is 14.6 Å². The van der Waals surface area contributed by atoms with E-state index in [9.17, 15) is 4.79 Å². The van der Waals surface area contributed by atoms with Crippen LogP contribution in [0.2, 0.25) is 0 Å². The highest BCUT2D eigenvalue weighted by molar-refractivity contribution is 5.96. The maximum absolute atomic E-state index is 12.9. The number of imidazole rings is 1. The molecule has 1 saturated heterocycles. The number of aliphatic hydroxyl groups excluding tert-OH is 1. The van der Waals surface area contributed by atoms with Crippen LogP contribution in [0.4, 0.5) is 5.69 Å². The fraction of sp³-hybridized carbons (Fsp3) is 0.296. The van der Waals surface area contributed by atoms with Crippen LogP contribution in [0, 0.1) is 25.2 Å². The van der Waals surface area contributed by atoms with Crippen LogP contribution in [0.5, 0.6) is 0 Å². The Hall–Kier alpha value is -3.73. The molecule has 1 amide bonds. The highest BCUT2D eigenvalue weighted by Crippen LogP contribution is 2.25. The topological polar surface area (TPSA) is 85.4 Å².